The molecule has 4 rings (SSSR count). The number of hydrogen-bond acceptors (Lipinski definition) is 6. The zero-order chi connectivity index (χ0) is 20.5. The Hall–Kier alpha value is -2.21. The zero-order valence-electron chi connectivity index (χ0n) is 17.8. The molecule has 1 aromatic rings. The molecule has 0 amide bonds. The molecule has 6 nitrogen and oxygen atoms in total. The van der Waals surface area contributed by atoms with Crippen LogP contribution in [0.4, 0.5) is 5.69 Å². The van der Waals surface area contributed by atoms with Gasteiger partial charge in [0.05, 0.1) is 33.2 Å². The van der Waals surface area contributed by atoms with Crippen LogP contribution in [-0.4, -0.2) is 57.4 Å². The topological polar surface area (TPSA) is 60.0 Å². The summed E-state index contributed by atoms with van der Waals surface area (Å²) in [5.74, 6) is 1.69. The molecule has 5 atom stereocenters. The highest BCUT2D eigenvalue weighted by molar-refractivity contribution is 5.88. The van der Waals surface area contributed by atoms with E-state index in [9.17, 15) is 4.79 Å². The van der Waals surface area contributed by atoms with Gasteiger partial charge in [0.2, 0.25) is 0 Å². The minimum absolute atomic E-state index is 0.139. The van der Waals surface area contributed by atoms with E-state index in [-0.39, 0.29) is 11.9 Å². The molecule has 1 N–H and O–H groups in total. The second kappa shape index (κ2) is 8.27. The van der Waals surface area contributed by atoms with Crippen molar-refractivity contribution < 1.29 is 19.0 Å². The Morgan fingerprint density at radius 1 is 1.31 bits per heavy atom. The molecule has 2 saturated heterocycles. The molecule has 0 bridgehead atoms. The Balaban J connectivity index is 1.64. The number of fused-ring (bicyclic) bond motifs is 5. The maximum Gasteiger partial charge on any atom is 0.337 e. The number of ether oxygens (including phenoxy) is 3. The predicted molar refractivity (Wildman–Crippen MR) is 112 cm³/mol. The number of rotatable bonds is 5. The fraction of sp³-hybridized carbons (Fsp3) is 0.609. The summed E-state index contributed by atoms with van der Waals surface area (Å²) in [6.07, 6.45) is 4.67. The van der Waals surface area contributed by atoms with E-state index in [1.54, 1.807) is 20.5 Å². The van der Waals surface area contributed by atoms with Crippen LogP contribution >= 0.6 is 0 Å². The largest absolute Gasteiger partial charge is 0.504 e. The minimum atomic E-state index is -0.277. The summed E-state index contributed by atoms with van der Waals surface area (Å²) in [4.78, 5) is 15.1. The summed E-state index contributed by atoms with van der Waals surface area (Å²) in [6.45, 7) is 4.29. The van der Waals surface area contributed by atoms with Crippen LogP contribution in [0.2, 0.25) is 0 Å². The highest BCUT2D eigenvalue weighted by Crippen LogP contribution is 2.50. The molecule has 0 radical (unpaired) electrons. The van der Waals surface area contributed by atoms with Gasteiger partial charge in [0.15, 0.2) is 0 Å². The molecule has 3 aliphatic rings. The third-order valence-electron chi connectivity index (χ3n) is 7.15. The van der Waals surface area contributed by atoms with Gasteiger partial charge in [0.25, 0.3) is 0 Å². The van der Waals surface area contributed by atoms with Gasteiger partial charge in [-0.2, -0.15) is 0 Å². The van der Waals surface area contributed by atoms with Crippen LogP contribution in [-0.2, 0) is 14.3 Å². The number of methoxy groups -OCH3 is 3. The van der Waals surface area contributed by atoms with E-state index in [1.165, 1.54) is 18.4 Å². The SMILES string of the molecule is CC[C@@H]1CN2CCC3c4c(cccc4OC)NC3[C@@H]2C[C@@H]1/C(=C\OC)C(=O)OC. The molecule has 0 aliphatic carbocycles. The molecule has 6 heteroatoms. The molecule has 0 spiro atoms. The van der Waals surface area contributed by atoms with Gasteiger partial charge >= 0.3 is 5.97 Å². The lowest BCUT2D eigenvalue weighted by atomic mass is 9.71. The number of nitrogens with zero attached hydrogens (tertiary/aromatic N) is 1. The number of anilines is 1. The highest BCUT2D eigenvalue weighted by Gasteiger charge is 2.49. The molecule has 0 saturated carbocycles. The number of hydrogen-bond donors (Lipinski definition) is 1. The van der Waals surface area contributed by atoms with Gasteiger partial charge in [-0.3, -0.25) is 4.90 Å². The third-order valence-corrected chi connectivity index (χ3v) is 7.15. The first-order valence-corrected chi connectivity index (χ1v) is 10.6. The first-order chi connectivity index (χ1) is 14.1. The predicted octanol–water partition coefficient (Wildman–Crippen LogP) is 3.40. The maximum atomic E-state index is 12.5. The second-order valence-electron chi connectivity index (χ2n) is 8.36. The average Bonchev–Trinajstić information content (AvgIpc) is 3.15. The molecule has 1 aromatic carbocycles. The van der Waals surface area contributed by atoms with Gasteiger partial charge < -0.3 is 19.5 Å². The lowest BCUT2D eigenvalue weighted by Gasteiger charge is -2.50. The molecule has 3 aliphatic heterocycles. The van der Waals surface area contributed by atoms with E-state index in [4.69, 9.17) is 14.2 Å². The number of piperidine rings is 2. The first-order valence-electron chi connectivity index (χ1n) is 10.6. The van der Waals surface area contributed by atoms with Gasteiger partial charge in [-0.25, -0.2) is 4.79 Å². The number of carbonyl (C=O) groups is 1. The van der Waals surface area contributed by atoms with Crippen molar-refractivity contribution in [2.75, 3.05) is 39.7 Å². The normalized spacial score (nSPS) is 31.2. The number of esters is 1. The number of benzene rings is 1. The Kier molecular flexibility index (Phi) is 5.72. The van der Waals surface area contributed by atoms with E-state index < -0.39 is 0 Å². The van der Waals surface area contributed by atoms with Crippen molar-refractivity contribution in [2.45, 2.75) is 44.2 Å². The van der Waals surface area contributed by atoms with Gasteiger partial charge in [-0.15, -0.1) is 0 Å². The Morgan fingerprint density at radius 3 is 2.83 bits per heavy atom. The quantitative estimate of drug-likeness (QED) is 0.464. The Bertz CT molecular complexity index is 793. The van der Waals surface area contributed by atoms with Crippen LogP contribution in [0.3, 0.4) is 0 Å². The van der Waals surface area contributed by atoms with Crippen LogP contribution in [0.15, 0.2) is 30.0 Å². The standard InChI is InChI=1S/C23H32N2O4/c1-5-14-12-25-10-9-15-21-18(7-6-8-20(21)28-3)24-22(15)19(25)11-16(14)17(13-27-2)23(26)29-4/h6-8,13-16,19,22,24H,5,9-12H2,1-4H3/b17-13+/t14-,15?,16+,19+,22?/m1/s1. The second-order valence-corrected chi connectivity index (χ2v) is 8.36. The van der Waals surface area contributed by atoms with Crippen molar-refractivity contribution in [1.29, 1.82) is 0 Å². The van der Waals surface area contributed by atoms with Crippen molar-refractivity contribution in [3.8, 4) is 5.75 Å². The lowest BCUT2D eigenvalue weighted by Crippen LogP contribution is -2.58. The molecular weight excluding hydrogens is 368 g/mol. The van der Waals surface area contributed by atoms with Crippen molar-refractivity contribution in [3.63, 3.8) is 0 Å². The average molecular weight is 401 g/mol. The highest BCUT2D eigenvalue weighted by atomic mass is 16.5. The zero-order valence-corrected chi connectivity index (χ0v) is 17.8. The monoisotopic (exact) mass is 400 g/mol. The van der Waals surface area contributed by atoms with Crippen molar-refractivity contribution in [2.24, 2.45) is 11.8 Å². The summed E-state index contributed by atoms with van der Waals surface area (Å²) in [5.41, 5.74) is 3.17. The van der Waals surface area contributed by atoms with E-state index in [2.05, 4.69) is 29.3 Å². The molecular formula is C23H32N2O4. The van der Waals surface area contributed by atoms with Crippen molar-refractivity contribution in [1.82, 2.24) is 4.90 Å². The van der Waals surface area contributed by atoms with Crippen molar-refractivity contribution in [3.05, 3.63) is 35.6 Å². The van der Waals surface area contributed by atoms with Gasteiger partial charge in [-0.1, -0.05) is 19.4 Å². The lowest BCUT2D eigenvalue weighted by molar-refractivity contribution is -0.137. The first kappa shape index (κ1) is 20.1. The Morgan fingerprint density at radius 2 is 2.14 bits per heavy atom. The molecule has 2 fully saturated rings. The van der Waals surface area contributed by atoms with Crippen LogP contribution < -0.4 is 10.1 Å². The maximum absolute atomic E-state index is 12.5. The van der Waals surface area contributed by atoms with Gasteiger partial charge in [0, 0.05) is 35.8 Å². The van der Waals surface area contributed by atoms with Crippen LogP contribution in [0.1, 0.15) is 37.7 Å². The molecule has 2 unspecified atom stereocenters. The summed E-state index contributed by atoms with van der Waals surface area (Å²) < 4.78 is 16.0. The van der Waals surface area contributed by atoms with E-state index in [1.807, 2.05) is 6.07 Å². The summed E-state index contributed by atoms with van der Waals surface area (Å²) in [5, 5.41) is 3.79. The smallest absolute Gasteiger partial charge is 0.337 e. The van der Waals surface area contributed by atoms with Crippen LogP contribution in [0.25, 0.3) is 0 Å². The summed E-state index contributed by atoms with van der Waals surface area (Å²) >= 11 is 0. The third kappa shape index (κ3) is 3.37. The van der Waals surface area contributed by atoms with Gasteiger partial charge in [0.1, 0.15) is 5.75 Å². The molecule has 158 valence electrons. The van der Waals surface area contributed by atoms with Crippen LogP contribution in [0.5, 0.6) is 5.75 Å². The number of nitrogens with one attached hydrogen (secondary N) is 1. The Labute approximate surface area is 173 Å². The number of carbonyl (C=O) groups excluding carboxylic acids is 1. The molecule has 0 aromatic heterocycles. The molecule has 3 heterocycles. The van der Waals surface area contributed by atoms with Gasteiger partial charge in [-0.05, 0) is 43.4 Å². The fourth-order valence-electron chi connectivity index (χ4n) is 5.81. The van der Waals surface area contributed by atoms with E-state index >= 15 is 0 Å². The summed E-state index contributed by atoms with van der Waals surface area (Å²) in [7, 11) is 4.79. The van der Waals surface area contributed by atoms with E-state index in [0.29, 0.717) is 29.5 Å². The fourth-order valence-corrected chi connectivity index (χ4v) is 5.81. The molecule has 29 heavy (non-hydrogen) atoms. The van der Waals surface area contributed by atoms with Crippen molar-refractivity contribution >= 4 is 11.7 Å². The summed E-state index contributed by atoms with van der Waals surface area (Å²) in [6, 6.07) is 6.96. The van der Waals surface area contributed by atoms with Crippen LogP contribution in [0, 0.1) is 11.8 Å². The van der Waals surface area contributed by atoms with E-state index in [0.717, 1.165) is 38.1 Å². The minimum Gasteiger partial charge on any atom is -0.504 e.